The van der Waals surface area contributed by atoms with E-state index in [1.54, 1.807) is 0 Å². The molecule has 0 aromatic heterocycles. The van der Waals surface area contributed by atoms with Crippen molar-refractivity contribution >= 4 is 5.69 Å². The smallest absolute Gasteiger partial charge is 0.140 e. The number of aliphatic hydroxyl groups is 1. The molecule has 1 saturated heterocycles. The molecule has 3 nitrogen and oxygen atoms in total. The Kier molecular flexibility index (Phi) is 6.07. The van der Waals surface area contributed by atoms with Gasteiger partial charge in [0, 0.05) is 5.69 Å². The highest BCUT2D eigenvalue weighted by Crippen LogP contribution is 2.25. The van der Waals surface area contributed by atoms with Crippen molar-refractivity contribution in [3.63, 3.8) is 0 Å². The van der Waals surface area contributed by atoms with Gasteiger partial charge in [-0.25, -0.2) is 0 Å². The van der Waals surface area contributed by atoms with Crippen LogP contribution < -0.4 is 5.32 Å². The molecule has 2 N–H and O–H groups in total. The Morgan fingerprint density at radius 1 is 1.29 bits per heavy atom. The van der Waals surface area contributed by atoms with Gasteiger partial charge in [-0.3, -0.25) is 4.90 Å². The first-order valence-corrected chi connectivity index (χ1v) is 8.38. The number of aliphatic hydroxyl groups excluding tert-OH is 1. The van der Waals surface area contributed by atoms with Crippen molar-refractivity contribution in [3.8, 4) is 0 Å². The number of likely N-dealkylation sites (tertiary alicyclic amines) is 1. The van der Waals surface area contributed by atoms with Crippen LogP contribution in [0.3, 0.4) is 0 Å². The first-order chi connectivity index (χ1) is 10.1. The third-order valence-corrected chi connectivity index (χ3v) is 4.60. The van der Waals surface area contributed by atoms with Crippen molar-refractivity contribution < 1.29 is 5.11 Å². The number of nitrogens with one attached hydrogen (secondary N) is 1. The van der Waals surface area contributed by atoms with Gasteiger partial charge in [0.05, 0.1) is 6.04 Å². The summed E-state index contributed by atoms with van der Waals surface area (Å²) in [5, 5.41) is 14.1. The van der Waals surface area contributed by atoms with Gasteiger partial charge in [-0.05, 0) is 57.3 Å². The maximum atomic E-state index is 10.7. The summed E-state index contributed by atoms with van der Waals surface area (Å²) in [6, 6.07) is 6.50. The average Bonchev–Trinajstić information content (AvgIpc) is 2.49. The fourth-order valence-electron chi connectivity index (χ4n) is 3.30. The molecule has 0 aliphatic carbocycles. The summed E-state index contributed by atoms with van der Waals surface area (Å²) in [7, 11) is 0. The van der Waals surface area contributed by atoms with E-state index < -0.39 is 6.23 Å². The van der Waals surface area contributed by atoms with E-state index in [-0.39, 0.29) is 6.04 Å². The number of anilines is 1. The van der Waals surface area contributed by atoms with Crippen LogP contribution in [0.5, 0.6) is 0 Å². The summed E-state index contributed by atoms with van der Waals surface area (Å²) >= 11 is 0. The Labute approximate surface area is 129 Å². The third kappa shape index (κ3) is 4.21. The van der Waals surface area contributed by atoms with Crippen LogP contribution in [0.25, 0.3) is 0 Å². The van der Waals surface area contributed by atoms with Gasteiger partial charge in [-0.2, -0.15) is 0 Å². The molecule has 1 aliphatic rings. The molecule has 2 rings (SSSR count). The zero-order valence-electron chi connectivity index (χ0n) is 13.7. The van der Waals surface area contributed by atoms with Crippen LogP contribution in [0, 0.1) is 13.8 Å². The fourth-order valence-corrected chi connectivity index (χ4v) is 3.30. The van der Waals surface area contributed by atoms with Crippen LogP contribution in [-0.2, 0) is 0 Å². The van der Waals surface area contributed by atoms with Gasteiger partial charge in [0.1, 0.15) is 6.23 Å². The number of piperidine rings is 1. The third-order valence-electron chi connectivity index (χ3n) is 4.60. The van der Waals surface area contributed by atoms with Crippen molar-refractivity contribution in [1.29, 1.82) is 0 Å². The second kappa shape index (κ2) is 7.81. The molecule has 3 heteroatoms. The van der Waals surface area contributed by atoms with Crippen LogP contribution in [0.1, 0.15) is 50.2 Å². The number of para-hydroxylation sites is 1. The second-order valence-corrected chi connectivity index (χ2v) is 6.31. The molecule has 0 bridgehead atoms. The molecular weight excluding hydrogens is 260 g/mol. The number of nitrogens with zero attached hydrogens (tertiary/aromatic N) is 1. The monoisotopic (exact) mass is 290 g/mol. The average molecular weight is 290 g/mol. The number of hydrogen-bond acceptors (Lipinski definition) is 3. The summed E-state index contributed by atoms with van der Waals surface area (Å²) in [5.41, 5.74) is 3.49. The molecular formula is C18H30N2O. The summed E-state index contributed by atoms with van der Waals surface area (Å²) in [5.74, 6) is 0. The van der Waals surface area contributed by atoms with E-state index in [9.17, 15) is 5.11 Å². The molecule has 1 heterocycles. The minimum absolute atomic E-state index is 0.240. The predicted octanol–water partition coefficient (Wildman–Crippen LogP) is 3.69. The minimum Gasteiger partial charge on any atom is -0.372 e. The van der Waals surface area contributed by atoms with Crippen LogP contribution in [0.4, 0.5) is 5.69 Å². The first kappa shape index (κ1) is 16.3. The van der Waals surface area contributed by atoms with E-state index in [2.05, 4.69) is 49.2 Å². The highest BCUT2D eigenvalue weighted by Gasteiger charge is 2.28. The number of benzene rings is 1. The Hall–Kier alpha value is -1.06. The quantitative estimate of drug-likeness (QED) is 0.784. The summed E-state index contributed by atoms with van der Waals surface area (Å²) in [6.07, 6.45) is 5.51. The van der Waals surface area contributed by atoms with Crippen molar-refractivity contribution in [2.45, 2.75) is 65.1 Å². The highest BCUT2D eigenvalue weighted by molar-refractivity contribution is 5.57. The van der Waals surface area contributed by atoms with Gasteiger partial charge in [0.25, 0.3) is 0 Å². The Morgan fingerprint density at radius 3 is 2.67 bits per heavy atom. The first-order valence-electron chi connectivity index (χ1n) is 8.38. The number of rotatable bonds is 6. The molecule has 0 amide bonds. The molecule has 2 atom stereocenters. The SMILES string of the molecule is CCCCN1CCCCC1C(O)Nc1c(C)cccc1C. The molecule has 2 unspecified atom stereocenters. The Balaban J connectivity index is 2.04. The molecule has 1 fully saturated rings. The molecule has 118 valence electrons. The second-order valence-electron chi connectivity index (χ2n) is 6.31. The molecule has 0 spiro atoms. The normalized spacial score (nSPS) is 21.2. The van der Waals surface area contributed by atoms with E-state index in [1.807, 2.05) is 0 Å². The van der Waals surface area contributed by atoms with Crippen molar-refractivity contribution in [2.24, 2.45) is 0 Å². The maximum absolute atomic E-state index is 10.7. The van der Waals surface area contributed by atoms with E-state index in [4.69, 9.17) is 0 Å². The topological polar surface area (TPSA) is 35.5 Å². The van der Waals surface area contributed by atoms with E-state index in [1.165, 1.54) is 36.8 Å². The summed E-state index contributed by atoms with van der Waals surface area (Å²) < 4.78 is 0. The standard InChI is InChI=1S/C18H30N2O/c1-4-5-12-20-13-7-6-11-16(20)18(21)19-17-14(2)9-8-10-15(17)3/h8-10,16,18-19,21H,4-7,11-13H2,1-3H3. The van der Waals surface area contributed by atoms with Crippen LogP contribution >= 0.6 is 0 Å². The highest BCUT2D eigenvalue weighted by atomic mass is 16.3. The van der Waals surface area contributed by atoms with Crippen molar-refractivity contribution in [1.82, 2.24) is 4.90 Å². The molecule has 1 aromatic carbocycles. The van der Waals surface area contributed by atoms with Gasteiger partial charge in [-0.15, -0.1) is 0 Å². The molecule has 1 aliphatic heterocycles. The zero-order valence-corrected chi connectivity index (χ0v) is 13.7. The number of hydrogen-bond donors (Lipinski definition) is 2. The Bertz CT molecular complexity index is 427. The fraction of sp³-hybridized carbons (Fsp3) is 0.667. The molecule has 1 aromatic rings. The van der Waals surface area contributed by atoms with Gasteiger partial charge < -0.3 is 10.4 Å². The van der Waals surface area contributed by atoms with Crippen LogP contribution in [0.15, 0.2) is 18.2 Å². The predicted molar refractivity (Wildman–Crippen MR) is 89.7 cm³/mol. The van der Waals surface area contributed by atoms with E-state index >= 15 is 0 Å². The molecule has 0 saturated carbocycles. The lowest BCUT2D eigenvalue weighted by Gasteiger charge is -2.39. The van der Waals surface area contributed by atoms with Gasteiger partial charge in [0.2, 0.25) is 0 Å². The molecule has 0 radical (unpaired) electrons. The zero-order chi connectivity index (χ0) is 15.2. The molecule has 21 heavy (non-hydrogen) atoms. The van der Waals surface area contributed by atoms with E-state index in [0.717, 1.165) is 25.2 Å². The number of aryl methyl sites for hydroxylation is 2. The Morgan fingerprint density at radius 2 is 2.00 bits per heavy atom. The minimum atomic E-state index is -0.484. The maximum Gasteiger partial charge on any atom is 0.140 e. The lowest BCUT2D eigenvalue weighted by Crippen LogP contribution is -2.50. The lowest BCUT2D eigenvalue weighted by atomic mass is 9.99. The lowest BCUT2D eigenvalue weighted by molar-refractivity contribution is 0.0407. The number of unbranched alkanes of at least 4 members (excludes halogenated alkanes) is 1. The van der Waals surface area contributed by atoms with Gasteiger partial charge in [0.15, 0.2) is 0 Å². The summed E-state index contributed by atoms with van der Waals surface area (Å²) in [6.45, 7) is 8.64. The van der Waals surface area contributed by atoms with Crippen molar-refractivity contribution in [3.05, 3.63) is 29.3 Å². The summed E-state index contributed by atoms with van der Waals surface area (Å²) in [4.78, 5) is 2.47. The van der Waals surface area contributed by atoms with Gasteiger partial charge in [-0.1, -0.05) is 38.0 Å². The van der Waals surface area contributed by atoms with Crippen LogP contribution in [-0.4, -0.2) is 35.4 Å². The van der Waals surface area contributed by atoms with Gasteiger partial charge >= 0.3 is 0 Å². The van der Waals surface area contributed by atoms with Crippen molar-refractivity contribution in [2.75, 3.05) is 18.4 Å². The largest absolute Gasteiger partial charge is 0.372 e. The van der Waals surface area contributed by atoms with Crippen LogP contribution in [0.2, 0.25) is 0 Å². The van der Waals surface area contributed by atoms with E-state index in [0.29, 0.717) is 0 Å².